The van der Waals surface area contributed by atoms with Crippen LogP contribution in [-0.2, 0) is 0 Å². The summed E-state index contributed by atoms with van der Waals surface area (Å²) in [6.45, 7) is 1.53. The van der Waals surface area contributed by atoms with Gasteiger partial charge in [-0.25, -0.2) is 9.97 Å². The van der Waals surface area contributed by atoms with E-state index in [1.54, 1.807) is 23.3 Å². The molecule has 2 N–H and O–H groups in total. The Bertz CT molecular complexity index is 604. The highest BCUT2D eigenvalue weighted by Crippen LogP contribution is 2.24. The summed E-state index contributed by atoms with van der Waals surface area (Å²) in [5.41, 5.74) is 5.62. The molecule has 0 aromatic carbocycles. The molecule has 2 aromatic rings. The standard InChI is InChI=1S/C11H11BrN6O/c12-8-2-14-11(15-3-8)17-5-9(6-17)18-4-7(1-16-18)10(13)19/h1-4,9H,5-6H2,(H2,13,19). The van der Waals surface area contributed by atoms with E-state index in [-0.39, 0.29) is 6.04 Å². The zero-order chi connectivity index (χ0) is 13.4. The third-order valence-corrected chi connectivity index (χ3v) is 3.42. The summed E-state index contributed by atoms with van der Waals surface area (Å²) in [6, 6.07) is 0.223. The van der Waals surface area contributed by atoms with Crippen molar-refractivity contribution in [3.8, 4) is 0 Å². The van der Waals surface area contributed by atoms with Crippen LogP contribution in [0.3, 0.4) is 0 Å². The van der Waals surface area contributed by atoms with Gasteiger partial charge in [0.15, 0.2) is 0 Å². The molecule has 3 rings (SSSR count). The van der Waals surface area contributed by atoms with Crippen LogP contribution < -0.4 is 10.6 Å². The molecule has 1 aliphatic heterocycles. The minimum Gasteiger partial charge on any atom is -0.366 e. The Morgan fingerprint density at radius 2 is 2.00 bits per heavy atom. The number of primary amides is 1. The number of aromatic nitrogens is 4. The van der Waals surface area contributed by atoms with E-state index in [2.05, 4.69) is 31.0 Å². The van der Waals surface area contributed by atoms with Gasteiger partial charge in [0.25, 0.3) is 5.91 Å². The number of hydrogen-bond donors (Lipinski definition) is 1. The molecule has 7 nitrogen and oxygen atoms in total. The molecule has 1 fully saturated rings. The highest BCUT2D eigenvalue weighted by atomic mass is 79.9. The second kappa shape index (κ2) is 4.61. The molecule has 1 saturated heterocycles. The summed E-state index contributed by atoms with van der Waals surface area (Å²) < 4.78 is 2.61. The average Bonchev–Trinajstić information content (AvgIpc) is 2.79. The fourth-order valence-electron chi connectivity index (χ4n) is 1.92. The first-order chi connectivity index (χ1) is 9.13. The summed E-state index contributed by atoms with van der Waals surface area (Å²) in [7, 11) is 0. The van der Waals surface area contributed by atoms with Crippen molar-refractivity contribution in [2.75, 3.05) is 18.0 Å². The second-order valence-corrected chi connectivity index (χ2v) is 5.25. The van der Waals surface area contributed by atoms with E-state index >= 15 is 0 Å². The van der Waals surface area contributed by atoms with Gasteiger partial charge in [0, 0.05) is 31.7 Å². The maximum absolute atomic E-state index is 11.0. The Morgan fingerprint density at radius 1 is 1.32 bits per heavy atom. The van der Waals surface area contributed by atoms with Crippen LogP contribution in [0.15, 0.2) is 29.3 Å². The Kier molecular flexibility index (Phi) is 2.94. The summed E-state index contributed by atoms with van der Waals surface area (Å²) in [5, 5.41) is 4.14. The Labute approximate surface area is 117 Å². The van der Waals surface area contributed by atoms with Crippen molar-refractivity contribution in [3.05, 3.63) is 34.8 Å². The number of nitrogens with two attached hydrogens (primary N) is 1. The SMILES string of the molecule is NC(=O)c1cnn(C2CN(c3ncc(Br)cn3)C2)c1. The van der Waals surface area contributed by atoms with Crippen LogP contribution in [0, 0.1) is 0 Å². The number of carbonyl (C=O) groups excluding carboxylic acids is 1. The topological polar surface area (TPSA) is 89.9 Å². The monoisotopic (exact) mass is 322 g/mol. The molecule has 0 unspecified atom stereocenters. The lowest BCUT2D eigenvalue weighted by molar-refractivity contribution is 0.1000. The number of rotatable bonds is 3. The third kappa shape index (κ3) is 2.30. The first-order valence-electron chi connectivity index (χ1n) is 5.70. The molecule has 3 heterocycles. The first kappa shape index (κ1) is 12.1. The Hall–Kier alpha value is -1.96. The predicted molar refractivity (Wildman–Crippen MR) is 71.7 cm³/mol. The van der Waals surface area contributed by atoms with Gasteiger partial charge < -0.3 is 10.6 Å². The van der Waals surface area contributed by atoms with Gasteiger partial charge in [-0.15, -0.1) is 0 Å². The van der Waals surface area contributed by atoms with Gasteiger partial charge in [-0.3, -0.25) is 9.48 Å². The van der Waals surface area contributed by atoms with Gasteiger partial charge >= 0.3 is 0 Å². The second-order valence-electron chi connectivity index (χ2n) is 4.33. The molecule has 0 atom stereocenters. The van der Waals surface area contributed by atoms with E-state index in [1.165, 1.54) is 6.20 Å². The minimum atomic E-state index is -0.460. The van der Waals surface area contributed by atoms with Crippen LogP contribution in [0.25, 0.3) is 0 Å². The number of nitrogens with zero attached hydrogens (tertiary/aromatic N) is 5. The predicted octanol–water partition coefficient (Wildman–Crippen LogP) is 0.596. The molecule has 2 aromatic heterocycles. The molecule has 0 aliphatic carbocycles. The lowest BCUT2D eigenvalue weighted by Gasteiger charge is -2.39. The summed E-state index contributed by atoms with van der Waals surface area (Å²) in [5.74, 6) is 0.236. The van der Waals surface area contributed by atoms with E-state index in [9.17, 15) is 4.79 Å². The highest BCUT2D eigenvalue weighted by Gasteiger charge is 2.30. The van der Waals surface area contributed by atoms with Crippen LogP contribution in [0.5, 0.6) is 0 Å². The van der Waals surface area contributed by atoms with Crippen LogP contribution in [-0.4, -0.2) is 38.7 Å². The van der Waals surface area contributed by atoms with E-state index in [0.717, 1.165) is 17.6 Å². The maximum atomic E-state index is 11.0. The number of halogens is 1. The molecule has 1 amide bonds. The molecule has 98 valence electrons. The van der Waals surface area contributed by atoms with Crippen molar-refractivity contribution in [3.63, 3.8) is 0 Å². The highest BCUT2D eigenvalue weighted by molar-refractivity contribution is 9.10. The Balaban J connectivity index is 1.65. The van der Waals surface area contributed by atoms with Crippen molar-refractivity contribution in [2.24, 2.45) is 5.73 Å². The molecule has 8 heteroatoms. The van der Waals surface area contributed by atoms with Crippen molar-refractivity contribution in [2.45, 2.75) is 6.04 Å². The maximum Gasteiger partial charge on any atom is 0.251 e. The summed E-state index contributed by atoms with van der Waals surface area (Å²) >= 11 is 3.30. The van der Waals surface area contributed by atoms with Gasteiger partial charge in [0.1, 0.15) is 0 Å². The molecule has 0 bridgehead atoms. The number of amides is 1. The van der Waals surface area contributed by atoms with Gasteiger partial charge in [-0.05, 0) is 15.9 Å². The molecule has 19 heavy (non-hydrogen) atoms. The zero-order valence-corrected chi connectivity index (χ0v) is 11.5. The van der Waals surface area contributed by atoms with Gasteiger partial charge in [-0.2, -0.15) is 5.10 Å². The van der Waals surface area contributed by atoms with Gasteiger partial charge in [0.2, 0.25) is 5.95 Å². The summed E-state index contributed by atoms with van der Waals surface area (Å²) in [6.07, 6.45) is 6.59. The van der Waals surface area contributed by atoms with Crippen molar-refractivity contribution in [1.29, 1.82) is 0 Å². The quantitative estimate of drug-likeness (QED) is 0.893. The molecular formula is C11H11BrN6O. The number of anilines is 1. The number of hydrogen-bond acceptors (Lipinski definition) is 5. The van der Waals surface area contributed by atoms with Crippen LogP contribution in [0.1, 0.15) is 16.4 Å². The average molecular weight is 323 g/mol. The van der Waals surface area contributed by atoms with E-state index in [0.29, 0.717) is 11.5 Å². The van der Waals surface area contributed by atoms with Crippen LogP contribution >= 0.6 is 15.9 Å². The molecular weight excluding hydrogens is 312 g/mol. The molecule has 1 aliphatic rings. The lowest BCUT2D eigenvalue weighted by Crippen LogP contribution is -2.48. The minimum absolute atomic E-state index is 0.223. The van der Waals surface area contributed by atoms with E-state index < -0.39 is 5.91 Å². The lowest BCUT2D eigenvalue weighted by atomic mass is 10.1. The Morgan fingerprint density at radius 3 is 2.58 bits per heavy atom. The first-order valence-corrected chi connectivity index (χ1v) is 6.49. The number of carbonyl (C=O) groups is 1. The smallest absolute Gasteiger partial charge is 0.251 e. The van der Waals surface area contributed by atoms with Crippen LogP contribution in [0.4, 0.5) is 5.95 Å². The van der Waals surface area contributed by atoms with Gasteiger partial charge in [-0.1, -0.05) is 0 Å². The summed E-state index contributed by atoms with van der Waals surface area (Å²) in [4.78, 5) is 21.5. The van der Waals surface area contributed by atoms with Crippen molar-refractivity contribution in [1.82, 2.24) is 19.7 Å². The molecule has 0 saturated carbocycles. The fourth-order valence-corrected chi connectivity index (χ4v) is 2.12. The van der Waals surface area contributed by atoms with Crippen molar-refractivity contribution >= 4 is 27.8 Å². The van der Waals surface area contributed by atoms with E-state index in [1.807, 2.05) is 4.90 Å². The van der Waals surface area contributed by atoms with Crippen molar-refractivity contribution < 1.29 is 4.79 Å². The third-order valence-electron chi connectivity index (χ3n) is 3.01. The largest absolute Gasteiger partial charge is 0.366 e. The van der Waals surface area contributed by atoms with Gasteiger partial charge in [0.05, 0.1) is 22.3 Å². The zero-order valence-electron chi connectivity index (χ0n) is 9.90. The fraction of sp³-hybridized carbons (Fsp3) is 0.273. The molecule has 0 spiro atoms. The normalized spacial score (nSPS) is 15.3. The molecule has 0 radical (unpaired) electrons. The van der Waals surface area contributed by atoms with Crippen LogP contribution in [0.2, 0.25) is 0 Å². The van der Waals surface area contributed by atoms with E-state index in [4.69, 9.17) is 5.73 Å².